The van der Waals surface area contributed by atoms with Crippen LogP contribution in [0.4, 0.5) is 11.4 Å². The molecular weight excluding hydrogens is 514 g/mol. The van der Waals surface area contributed by atoms with Crippen LogP contribution in [0.25, 0.3) is 0 Å². The van der Waals surface area contributed by atoms with Crippen molar-refractivity contribution in [1.82, 2.24) is 5.32 Å². The van der Waals surface area contributed by atoms with Gasteiger partial charge >= 0.3 is 0 Å². The number of amides is 1. The molecule has 0 saturated carbocycles. The molecule has 0 fully saturated rings. The van der Waals surface area contributed by atoms with Gasteiger partial charge in [-0.25, -0.2) is 0 Å². The minimum absolute atomic E-state index is 0.0337. The Labute approximate surface area is 239 Å². The van der Waals surface area contributed by atoms with E-state index >= 15 is 0 Å². The molecule has 0 aliphatic heterocycles. The molecule has 4 aromatic rings. The molecule has 0 aromatic heterocycles. The van der Waals surface area contributed by atoms with Gasteiger partial charge in [0, 0.05) is 47.2 Å². The molecule has 0 radical (unpaired) electrons. The summed E-state index contributed by atoms with van der Waals surface area (Å²) in [6.07, 6.45) is 0.784. The van der Waals surface area contributed by atoms with Crippen molar-refractivity contribution < 1.29 is 19.1 Å². The maximum absolute atomic E-state index is 13.8. The summed E-state index contributed by atoms with van der Waals surface area (Å²) in [7, 11) is 0. The van der Waals surface area contributed by atoms with Crippen molar-refractivity contribution in [2.24, 2.45) is 0 Å². The number of ketones is 2. The predicted molar refractivity (Wildman–Crippen MR) is 161 cm³/mol. The van der Waals surface area contributed by atoms with Crippen LogP contribution in [0, 0.1) is 0 Å². The molecule has 7 nitrogen and oxygen atoms in total. The number of hydrogen-bond acceptors (Lipinski definition) is 6. The summed E-state index contributed by atoms with van der Waals surface area (Å²) in [5.41, 5.74) is 4.36. The molecule has 1 amide bonds. The van der Waals surface area contributed by atoms with Crippen molar-refractivity contribution in [3.05, 3.63) is 130 Å². The van der Waals surface area contributed by atoms with Gasteiger partial charge < -0.3 is 20.7 Å². The first-order valence-corrected chi connectivity index (χ1v) is 13.9. The van der Waals surface area contributed by atoms with Gasteiger partial charge in [-0.3, -0.25) is 14.4 Å². The third-order valence-electron chi connectivity index (χ3n) is 7.12. The van der Waals surface area contributed by atoms with Gasteiger partial charge in [0.15, 0.2) is 11.6 Å². The number of carbonyl (C=O) groups excluding carboxylic acids is 3. The lowest BCUT2D eigenvalue weighted by atomic mass is 9.82. The molecule has 3 N–H and O–H groups in total. The molecule has 1 atom stereocenters. The third kappa shape index (κ3) is 6.36. The van der Waals surface area contributed by atoms with Crippen molar-refractivity contribution in [3.8, 4) is 0 Å². The van der Waals surface area contributed by atoms with Crippen LogP contribution < -0.4 is 16.0 Å². The molecular formula is C34H33N3O4. The number of fused-ring (bicyclic) bond motifs is 2. The quantitative estimate of drug-likeness (QED) is 0.173. The molecule has 0 spiro atoms. The highest BCUT2D eigenvalue weighted by Gasteiger charge is 2.33. The molecule has 5 rings (SSSR count). The summed E-state index contributed by atoms with van der Waals surface area (Å²) < 4.78 is 5.95. The highest BCUT2D eigenvalue weighted by molar-refractivity contribution is 6.31. The van der Waals surface area contributed by atoms with E-state index in [4.69, 9.17) is 4.74 Å². The van der Waals surface area contributed by atoms with Crippen molar-refractivity contribution in [1.29, 1.82) is 0 Å². The summed E-state index contributed by atoms with van der Waals surface area (Å²) in [6.45, 7) is 3.77. The van der Waals surface area contributed by atoms with E-state index in [1.165, 1.54) is 0 Å². The zero-order valence-corrected chi connectivity index (χ0v) is 23.0. The van der Waals surface area contributed by atoms with Crippen LogP contribution in [-0.2, 0) is 11.3 Å². The Morgan fingerprint density at radius 1 is 0.732 bits per heavy atom. The summed E-state index contributed by atoms with van der Waals surface area (Å²) >= 11 is 0. The Bertz CT molecular complexity index is 1540. The topological polar surface area (TPSA) is 96.5 Å². The first-order valence-electron chi connectivity index (χ1n) is 13.9. The Hall–Kier alpha value is -4.75. The summed E-state index contributed by atoms with van der Waals surface area (Å²) in [5.74, 6) is -0.569. The number of anilines is 2. The van der Waals surface area contributed by atoms with E-state index < -0.39 is 0 Å². The van der Waals surface area contributed by atoms with Crippen LogP contribution in [0.5, 0.6) is 0 Å². The number of hydrogen-bond donors (Lipinski definition) is 3. The fraction of sp³-hybridized carbons (Fsp3) is 0.206. The predicted octanol–water partition coefficient (Wildman–Crippen LogP) is 5.71. The van der Waals surface area contributed by atoms with Gasteiger partial charge in [-0.05, 0) is 36.2 Å². The molecule has 1 aliphatic carbocycles. The first kappa shape index (κ1) is 27.8. The zero-order valence-electron chi connectivity index (χ0n) is 23.0. The lowest BCUT2D eigenvalue weighted by molar-refractivity contribution is 0.0954. The Kier molecular flexibility index (Phi) is 8.86. The van der Waals surface area contributed by atoms with E-state index in [0.29, 0.717) is 65.5 Å². The minimum atomic E-state index is -0.206. The highest BCUT2D eigenvalue weighted by atomic mass is 16.5. The lowest BCUT2D eigenvalue weighted by Crippen LogP contribution is -2.30. The SMILES string of the molecule is CCC(COCc1ccccc1)Nc1cccc2c1C(=O)c1cccc(NCCNC(=O)c3ccccc3)c1C2=O. The monoisotopic (exact) mass is 547 g/mol. The van der Waals surface area contributed by atoms with E-state index in [-0.39, 0.29) is 23.5 Å². The standard InChI is InChI=1S/C34H33N3O4/c1-2-25(22-41-21-23-11-5-3-6-12-23)37-29-18-10-16-27-31(29)33(39)26-15-9-17-28(30(26)32(27)38)35-19-20-36-34(40)24-13-7-4-8-14-24/h3-18,25,35,37H,2,19-22H2,1H3,(H,36,40). The number of benzene rings is 4. The molecule has 41 heavy (non-hydrogen) atoms. The van der Waals surface area contributed by atoms with Gasteiger partial charge in [-0.2, -0.15) is 0 Å². The van der Waals surface area contributed by atoms with Crippen molar-refractivity contribution >= 4 is 28.8 Å². The second-order valence-electron chi connectivity index (χ2n) is 9.91. The zero-order chi connectivity index (χ0) is 28.6. The maximum Gasteiger partial charge on any atom is 0.251 e. The summed E-state index contributed by atoms with van der Waals surface area (Å²) in [4.78, 5) is 39.8. The first-order chi connectivity index (χ1) is 20.1. The second kappa shape index (κ2) is 13.1. The molecule has 208 valence electrons. The van der Waals surface area contributed by atoms with Crippen molar-refractivity contribution in [2.45, 2.75) is 26.0 Å². The van der Waals surface area contributed by atoms with Gasteiger partial charge in [0.05, 0.1) is 24.3 Å². The molecule has 1 aliphatic rings. The Morgan fingerprint density at radius 2 is 1.34 bits per heavy atom. The maximum atomic E-state index is 13.8. The van der Waals surface area contributed by atoms with E-state index in [2.05, 4.69) is 22.9 Å². The van der Waals surface area contributed by atoms with Crippen LogP contribution in [0.1, 0.15) is 61.1 Å². The number of carbonyl (C=O) groups is 3. The van der Waals surface area contributed by atoms with Gasteiger partial charge in [0.1, 0.15) is 0 Å². The largest absolute Gasteiger partial charge is 0.383 e. The van der Waals surface area contributed by atoms with E-state index in [9.17, 15) is 14.4 Å². The van der Waals surface area contributed by atoms with Gasteiger partial charge in [0.25, 0.3) is 5.91 Å². The number of nitrogens with one attached hydrogen (secondary N) is 3. The summed E-state index contributed by atoms with van der Waals surface area (Å²) in [6, 6.07) is 29.5. The normalized spacial score (nSPS) is 12.7. The molecule has 0 bridgehead atoms. The Morgan fingerprint density at radius 3 is 2.00 bits per heavy atom. The third-order valence-corrected chi connectivity index (χ3v) is 7.12. The van der Waals surface area contributed by atoms with Crippen molar-refractivity contribution in [2.75, 3.05) is 30.3 Å². The lowest BCUT2D eigenvalue weighted by Gasteiger charge is -2.25. The molecule has 1 unspecified atom stereocenters. The van der Waals surface area contributed by atoms with Crippen LogP contribution in [0.15, 0.2) is 97.1 Å². The van der Waals surface area contributed by atoms with Gasteiger partial charge in [-0.15, -0.1) is 0 Å². The minimum Gasteiger partial charge on any atom is -0.383 e. The highest BCUT2D eigenvalue weighted by Crippen LogP contribution is 2.35. The van der Waals surface area contributed by atoms with Gasteiger partial charge in [0.2, 0.25) is 0 Å². The van der Waals surface area contributed by atoms with Crippen LogP contribution in [-0.4, -0.2) is 43.2 Å². The summed E-state index contributed by atoms with van der Waals surface area (Å²) in [5, 5.41) is 9.55. The van der Waals surface area contributed by atoms with Crippen LogP contribution in [0.3, 0.4) is 0 Å². The van der Waals surface area contributed by atoms with Gasteiger partial charge in [-0.1, -0.05) is 79.7 Å². The fourth-order valence-corrected chi connectivity index (χ4v) is 4.95. The second-order valence-corrected chi connectivity index (χ2v) is 9.91. The molecule has 4 aromatic carbocycles. The molecule has 0 heterocycles. The van der Waals surface area contributed by atoms with E-state index in [0.717, 1.165) is 12.0 Å². The molecule has 0 saturated heterocycles. The fourth-order valence-electron chi connectivity index (χ4n) is 4.95. The van der Waals surface area contributed by atoms with E-state index in [1.807, 2.05) is 54.6 Å². The smallest absolute Gasteiger partial charge is 0.251 e. The number of ether oxygens (including phenoxy) is 1. The van der Waals surface area contributed by atoms with Crippen LogP contribution >= 0.6 is 0 Å². The number of rotatable bonds is 12. The average molecular weight is 548 g/mol. The van der Waals surface area contributed by atoms with Crippen LogP contribution in [0.2, 0.25) is 0 Å². The van der Waals surface area contributed by atoms with E-state index in [1.54, 1.807) is 42.5 Å². The molecule has 7 heteroatoms. The average Bonchev–Trinajstić information content (AvgIpc) is 3.02. The van der Waals surface area contributed by atoms with Crippen molar-refractivity contribution in [3.63, 3.8) is 0 Å². The Balaban J connectivity index is 1.27.